The molecule has 5 nitrogen and oxygen atoms in total. The molecule has 0 unspecified atom stereocenters. The SMILES string of the molecule is Cc1ncc(CNS(=O)(=O)c2c(C)csc2CO)s1. The van der Waals surface area contributed by atoms with Crippen molar-refractivity contribution in [3.05, 3.63) is 31.9 Å². The lowest BCUT2D eigenvalue weighted by atomic mass is 10.3. The maximum atomic E-state index is 12.2. The number of nitrogens with one attached hydrogen (secondary N) is 1. The van der Waals surface area contributed by atoms with Crippen molar-refractivity contribution in [2.24, 2.45) is 0 Å². The molecular formula is C11H14N2O3S3. The van der Waals surface area contributed by atoms with E-state index in [1.807, 2.05) is 6.92 Å². The van der Waals surface area contributed by atoms with E-state index in [0.717, 1.165) is 9.88 Å². The number of thiophene rings is 1. The molecule has 0 aliphatic rings. The number of thiazole rings is 1. The maximum absolute atomic E-state index is 12.2. The van der Waals surface area contributed by atoms with Crippen LogP contribution in [0.25, 0.3) is 0 Å². The number of aliphatic hydroxyl groups is 1. The Morgan fingerprint density at radius 1 is 1.42 bits per heavy atom. The van der Waals surface area contributed by atoms with E-state index in [4.69, 9.17) is 0 Å². The first kappa shape index (κ1) is 14.6. The highest BCUT2D eigenvalue weighted by molar-refractivity contribution is 7.89. The molecule has 0 atom stereocenters. The average molecular weight is 318 g/mol. The van der Waals surface area contributed by atoms with E-state index in [1.54, 1.807) is 18.5 Å². The van der Waals surface area contributed by atoms with Gasteiger partial charge in [0, 0.05) is 17.6 Å². The second kappa shape index (κ2) is 5.68. The van der Waals surface area contributed by atoms with E-state index >= 15 is 0 Å². The molecule has 0 saturated heterocycles. The number of rotatable bonds is 5. The van der Waals surface area contributed by atoms with Crippen LogP contribution in [0, 0.1) is 13.8 Å². The third kappa shape index (κ3) is 3.21. The Balaban J connectivity index is 2.20. The van der Waals surface area contributed by atoms with Crippen LogP contribution in [-0.4, -0.2) is 18.5 Å². The highest BCUT2D eigenvalue weighted by atomic mass is 32.2. The van der Waals surface area contributed by atoms with E-state index in [9.17, 15) is 13.5 Å². The smallest absolute Gasteiger partial charge is 0.242 e. The van der Waals surface area contributed by atoms with Crippen LogP contribution in [0.2, 0.25) is 0 Å². The molecule has 0 spiro atoms. The largest absolute Gasteiger partial charge is 0.391 e. The Bertz CT molecular complexity index is 673. The molecule has 0 aromatic carbocycles. The van der Waals surface area contributed by atoms with Crippen molar-refractivity contribution >= 4 is 32.7 Å². The molecule has 0 aliphatic carbocycles. The van der Waals surface area contributed by atoms with Crippen LogP contribution in [0.4, 0.5) is 0 Å². The molecule has 0 bridgehead atoms. The molecule has 104 valence electrons. The maximum Gasteiger partial charge on any atom is 0.242 e. The molecule has 0 saturated carbocycles. The van der Waals surface area contributed by atoms with Gasteiger partial charge in [-0.05, 0) is 24.8 Å². The van der Waals surface area contributed by atoms with Gasteiger partial charge >= 0.3 is 0 Å². The van der Waals surface area contributed by atoms with E-state index in [0.29, 0.717) is 10.4 Å². The van der Waals surface area contributed by atoms with Crippen LogP contribution < -0.4 is 4.72 Å². The van der Waals surface area contributed by atoms with Crippen LogP contribution in [0.1, 0.15) is 20.3 Å². The molecule has 2 N–H and O–H groups in total. The molecule has 2 rings (SSSR count). The number of nitrogens with zero attached hydrogens (tertiary/aromatic N) is 1. The molecule has 0 fully saturated rings. The number of sulfonamides is 1. The summed E-state index contributed by atoms with van der Waals surface area (Å²) in [5.74, 6) is 0. The van der Waals surface area contributed by atoms with Crippen LogP contribution in [0.3, 0.4) is 0 Å². The highest BCUT2D eigenvalue weighted by Gasteiger charge is 2.22. The van der Waals surface area contributed by atoms with Crippen molar-refractivity contribution in [2.75, 3.05) is 0 Å². The molecule has 2 heterocycles. The summed E-state index contributed by atoms with van der Waals surface area (Å²) < 4.78 is 27.0. The van der Waals surface area contributed by atoms with E-state index in [2.05, 4.69) is 9.71 Å². The summed E-state index contributed by atoms with van der Waals surface area (Å²) in [6.45, 7) is 3.54. The quantitative estimate of drug-likeness (QED) is 0.881. The lowest BCUT2D eigenvalue weighted by Gasteiger charge is -2.07. The third-order valence-corrected chi connectivity index (χ3v) is 6.27. The van der Waals surface area contributed by atoms with E-state index < -0.39 is 10.0 Å². The number of hydrogen-bond donors (Lipinski definition) is 2. The van der Waals surface area contributed by atoms with Gasteiger partial charge < -0.3 is 5.11 Å². The standard InChI is InChI=1S/C11H14N2O3S3/c1-7-6-17-10(5-14)11(7)19(15,16)13-4-9-3-12-8(2)18-9/h3,6,13-14H,4-5H2,1-2H3. The predicted octanol–water partition coefficient (Wildman–Crippen LogP) is 1.79. The molecule has 0 radical (unpaired) electrons. The highest BCUT2D eigenvalue weighted by Crippen LogP contribution is 2.27. The van der Waals surface area contributed by atoms with Gasteiger partial charge in [0.15, 0.2) is 0 Å². The monoisotopic (exact) mass is 318 g/mol. The Hall–Kier alpha value is -0.800. The first-order chi connectivity index (χ1) is 8.94. The minimum atomic E-state index is -3.60. The summed E-state index contributed by atoms with van der Waals surface area (Å²) in [4.78, 5) is 5.60. The molecular weight excluding hydrogens is 304 g/mol. The summed E-state index contributed by atoms with van der Waals surface area (Å²) >= 11 is 2.70. The molecule has 2 aromatic heterocycles. The predicted molar refractivity (Wildman–Crippen MR) is 75.9 cm³/mol. The van der Waals surface area contributed by atoms with Crippen LogP contribution in [0.15, 0.2) is 16.5 Å². The lowest BCUT2D eigenvalue weighted by molar-refractivity contribution is 0.282. The van der Waals surface area contributed by atoms with Gasteiger partial charge in [0.1, 0.15) is 4.90 Å². The number of hydrogen-bond acceptors (Lipinski definition) is 6. The van der Waals surface area contributed by atoms with Crippen molar-refractivity contribution in [3.8, 4) is 0 Å². The topological polar surface area (TPSA) is 79.3 Å². The summed E-state index contributed by atoms with van der Waals surface area (Å²) in [6, 6.07) is 0. The zero-order valence-electron chi connectivity index (χ0n) is 10.5. The zero-order valence-corrected chi connectivity index (χ0v) is 13.0. The van der Waals surface area contributed by atoms with Crippen molar-refractivity contribution in [1.29, 1.82) is 0 Å². The Morgan fingerprint density at radius 3 is 2.74 bits per heavy atom. The van der Waals surface area contributed by atoms with Crippen molar-refractivity contribution in [2.45, 2.75) is 31.9 Å². The molecule has 8 heteroatoms. The summed E-state index contributed by atoms with van der Waals surface area (Å²) in [5, 5.41) is 11.8. The Labute approximate surface area is 120 Å². The lowest BCUT2D eigenvalue weighted by Crippen LogP contribution is -2.24. The fourth-order valence-electron chi connectivity index (χ4n) is 1.68. The van der Waals surface area contributed by atoms with Gasteiger partial charge in [-0.2, -0.15) is 0 Å². The van der Waals surface area contributed by atoms with Crippen LogP contribution in [0.5, 0.6) is 0 Å². The van der Waals surface area contributed by atoms with Crippen molar-refractivity contribution in [1.82, 2.24) is 9.71 Å². The van der Waals surface area contributed by atoms with Gasteiger partial charge in [-0.3, -0.25) is 0 Å². The first-order valence-corrected chi connectivity index (χ1v) is 8.71. The van der Waals surface area contributed by atoms with Gasteiger partial charge in [0.05, 0.1) is 16.5 Å². The molecule has 0 aliphatic heterocycles. The van der Waals surface area contributed by atoms with Crippen molar-refractivity contribution < 1.29 is 13.5 Å². The van der Waals surface area contributed by atoms with Gasteiger partial charge in [0.25, 0.3) is 0 Å². The number of aliphatic hydroxyl groups excluding tert-OH is 1. The van der Waals surface area contributed by atoms with Gasteiger partial charge in [-0.25, -0.2) is 18.1 Å². The average Bonchev–Trinajstić information content (AvgIpc) is 2.93. The minimum Gasteiger partial charge on any atom is -0.391 e. The fourth-order valence-corrected chi connectivity index (χ4v) is 5.17. The van der Waals surface area contributed by atoms with Gasteiger partial charge in [-0.1, -0.05) is 0 Å². The number of aromatic nitrogens is 1. The fraction of sp³-hybridized carbons (Fsp3) is 0.364. The third-order valence-electron chi connectivity index (χ3n) is 2.51. The number of aryl methyl sites for hydroxylation is 2. The summed E-state index contributed by atoms with van der Waals surface area (Å²) in [6.07, 6.45) is 1.66. The second-order valence-corrected chi connectivity index (χ2v) is 7.99. The second-order valence-electron chi connectivity index (χ2n) is 4.00. The molecule has 19 heavy (non-hydrogen) atoms. The van der Waals surface area contributed by atoms with Gasteiger partial charge in [-0.15, -0.1) is 22.7 Å². The van der Waals surface area contributed by atoms with Gasteiger partial charge in [0.2, 0.25) is 10.0 Å². The zero-order chi connectivity index (χ0) is 14.0. The Kier molecular flexibility index (Phi) is 4.36. The van der Waals surface area contributed by atoms with Crippen LogP contribution >= 0.6 is 22.7 Å². The normalized spacial score (nSPS) is 11.9. The first-order valence-electron chi connectivity index (χ1n) is 5.53. The van der Waals surface area contributed by atoms with E-state index in [-0.39, 0.29) is 18.0 Å². The summed E-state index contributed by atoms with van der Waals surface area (Å²) in [7, 11) is -3.60. The summed E-state index contributed by atoms with van der Waals surface area (Å²) in [5.41, 5.74) is 0.655. The van der Waals surface area contributed by atoms with Crippen LogP contribution in [-0.2, 0) is 23.2 Å². The van der Waals surface area contributed by atoms with Crippen molar-refractivity contribution in [3.63, 3.8) is 0 Å². The Morgan fingerprint density at radius 2 is 2.16 bits per heavy atom. The van der Waals surface area contributed by atoms with E-state index in [1.165, 1.54) is 22.7 Å². The minimum absolute atomic E-state index is 0.196. The molecule has 0 amide bonds. The molecule has 2 aromatic rings.